The van der Waals surface area contributed by atoms with E-state index in [2.05, 4.69) is 10.3 Å². The molecule has 0 bridgehead atoms. The average Bonchev–Trinajstić information content (AvgIpc) is 2.92. The molecule has 2 heterocycles. The first kappa shape index (κ1) is 15.3. The van der Waals surface area contributed by atoms with Gasteiger partial charge in [-0.3, -0.25) is 4.57 Å². The second kappa shape index (κ2) is 7.63. The molecule has 2 atom stereocenters. The minimum absolute atomic E-state index is 0.0515. The molecule has 0 spiro atoms. The highest BCUT2D eigenvalue weighted by Gasteiger charge is 2.27. The Bertz CT molecular complexity index is 482. The number of aromatic nitrogens is 2. The zero-order chi connectivity index (χ0) is 14.4. The third-order valence-corrected chi connectivity index (χ3v) is 4.07. The van der Waals surface area contributed by atoms with E-state index < -0.39 is 0 Å². The number of hydrogen-bond acceptors (Lipinski definition) is 7. The Balaban J connectivity index is 1.94. The molecule has 1 aliphatic rings. The molecule has 1 saturated heterocycles. The van der Waals surface area contributed by atoms with Gasteiger partial charge in [-0.2, -0.15) is 4.98 Å². The van der Waals surface area contributed by atoms with E-state index in [1.807, 2.05) is 0 Å². The summed E-state index contributed by atoms with van der Waals surface area (Å²) in [5.74, 6) is 1.20. The Hall–Kier alpha value is -1.09. The summed E-state index contributed by atoms with van der Waals surface area (Å²) in [6.07, 6.45) is 3.20. The van der Waals surface area contributed by atoms with E-state index in [0.717, 1.165) is 19.4 Å². The zero-order valence-corrected chi connectivity index (χ0v) is 12.0. The maximum absolute atomic E-state index is 12.0. The summed E-state index contributed by atoms with van der Waals surface area (Å²) in [6.45, 7) is 1.36. The molecule has 8 heteroatoms. The van der Waals surface area contributed by atoms with Crippen molar-refractivity contribution in [3.05, 3.63) is 22.7 Å². The molecule has 0 amide bonds. The first-order valence-corrected chi connectivity index (χ1v) is 7.70. The smallest absolute Gasteiger partial charge is 0.351 e. The minimum Gasteiger partial charge on any atom is -0.393 e. The van der Waals surface area contributed by atoms with Gasteiger partial charge in [0.2, 0.25) is 0 Å². The number of rotatable bonds is 7. The molecule has 4 N–H and O–H groups in total. The van der Waals surface area contributed by atoms with Gasteiger partial charge in [-0.15, -0.1) is 11.8 Å². The molecule has 1 aliphatic heterocycles. The van der Waals surface area contributed by atoms with Crippen LogP contribution in [0, 0.1) is 0 Å². The number of nitrogens with one attached hydrogen (secondary N) is 1. The van der Waals surface area contributed by atoms with Crippen LogP contribution in [0.4, 0.5) is 5.82 Å². The number of nitrogens with two attached hydrogens (primary N) is 1. The fraction of sp³-hybridized carbons (Fsp3) is 0.667. The predicted octanol–water partition coefficient (Wildman–Crippen LogP) is -0.0255. The van der Waals surface area contributed by atoms with Crippen LogP contribution < -0.4 is 16.7 Å². The van der Waals surface area contributed by atoms with Gasteiger partial charge in [0.1, 0.15) is 17.5 Å². The zero-order valence-electron chi connectivity index (χ0n) is 11.2. The van der Waals surface area contributed by atoms with E-state index in [1.165, 1.54) is 16.3 Å². The van der Waals surface area contributed by atoms with Gasteiger partial charge in [-0.1, -0.05) is 0 Å². The maximum Gasteiger partial charge on any atom is 0.351 e. The van der Waals surface area contributed by atoms with E-state index in [0.29, 0.717) is 18.1 Å². The van der Waals surface area contributed by atoms with Gasteiger partial charge in [-0.05, 0) is 25.5 Å². The maximum atomic E-state index is 12.0. The molecule has 0 radical (unpaired) electrons. The molecule has 2 rings (SSSR count). The summed E-state index contributed by atoms with van der Waals surface area (Å²) in [6, 6.07) is 1.75. The highest BCUT2D eigenvalue weighted by atomic mass is 32.2. The van der Waals surface area contributed by atoms with E-state index in [-0.39, 0.29) is 24.0 Å². The van der Waals surface area contributed by atoms with Gasteiger partial charge >= 0.3 is 5.69 Å². The predicted molar refractivity (Wildman–Crippen MR) is 78.7 cm³/mol. The molecule has 0 unspecified atom stereocenters. The monoisotopic (exact) mass is 300 g/mol. The van der Waals surface area contributed by atoms with Crippen LogP contribution in [-0.4, -0.2) is 45.5 Å². The van der Waals surface area contributed by atoms with Gasteiger partial charge in [0.05, 0.1) is 6.61 Å². The van der Waals surface area contributed by atoms with Crippen molar-refractivity contribution < 1.29 is 9.84 Å². The van der Waals surface area contributed by atoms with Crippen LogP contribution in [-0.2, 0) is 4.74 Å². The Labute approximate surface area is 121 Å². The summed E-state index contributed by atoms with van der Waals surface area (Å²) < 4.78 is 6.98. The summed E-state index contributed by atoms with van der Waals surface area (Å²) in [4.78, 5) is 15.9. The molecular weight excluding hydrogens is 280 g/mol. The van der Waals surface area contributed by atoms with E-state index in [1.54, 1.807) is 12.3 Å². The van der Waals surface area contributed by atoms with Crippen LogP contribution in [0.3, 0.4) is 0 Å². The lowest BCUT2D eigenvalue weighted by atomic mass is 10.3. The summed E-state index contributed by atoms with van der Waals surface area (Å²) in [7, 11) is 0. The first-order chi connectivity index (χ1) is 9.74. The number of aliphatic hydroxyl groups excluding tert-OH is 1. The molecule has 0 aliphatic carbocycles. The van der Waals surface area contributed by atoms with Crippen molar-refractivity contribution in [3.63, 3.8) is 0 Å². The van der Waals surface area contributed by atoms with E-state index >= 15 is 0 Å². The van der Waals surface area contributed by atoms with Crippen LogP contribution in [0.5, 0.6) is 0 Å². The van der Waals surface area contributed by atoms with Crippen LogP contribution in [0.1, 0.15) is 19.1 Å². The number of aliphatic hydroxyl groups is 1. The molecule has 1 fully saturated rings. The highest BCUT2D eigenvalue weighted by Crippen LogP contribution is 2.30. The van der Waals surface area contributed by atoms with Crippen molar-refractivity contribution in [2.45, 2.75) is 24.5 Å². The normalized spacial score (nSPS) is 22.1. The molecule has 0 aromatic carbocycles. The van der Waals surface area contributed by atoms with Crippen LogP contribution >= 0.6 is 11.8 Å². The van der Waals surface area contributed by atoms with Gasteiger partial charge in [0.25, 0.3) is 0 Å². The van der Waals surface area contributed by atoms with Crippen LogP contribution in [0.2, 0.25) is 0 Å². The van der Waals surface area contributed by atoms with Crippen molar-refractivity contribution in [2.24, 2.45) is 5.73 Å². The minimum atomic E-state index is -0.358. The molecule has 0 saturated carbocycles. The van der Waals surface area contributed by atoms with Crippen molar-refractivity contribution in [1.82, 2.24) is 9.55 Å². The fourth-order valence-electron chi connectivity index (χ4n) is 1.90. The van der Waals surface area contributed by atoms with Gasteiger partial charge < -0.3 is 20.9 Å². The number of hydrogen-bond donors (Lipinski definition) is 3. The Morgan fingerprint density at radius 1 is 1.60 bits per heavy atom. The molecular formula is C12H20N4O3S. The molecule has 112 valence electrons. The lowest BCUT2D eigenvalue weighted by Crippen LogP contribution is -2.29. The van der Waals surface area contributed by atoms with Gasteiger partial charge in [-0.25, -0.2) is 4.79 Å². The Kier molecular flexibility index (Phi) is 5.84. The second-order valence-corrected chi connectivity index (χ2v) is 5.65. The number of ether oxygens (including phenoxy) is 1. The van der Waals surface area contributed by atoms with Crippen molar-refractivity contribution in [1.29, 1.82) is 0 Å². The van der Waals surface area contributed by atoms with E-state index in [4.69, 9.17) is 15.6 Å². The van der Waals surface area contributed by atoms with Gasteiger partial charge in [0, 0.05) is 18.5 Å². The Morgan fingerprint density at radius 3 is 3.10 bits per heavy atom. The number of unbranched alkanes of at least 4 members (excludes halogenated alkanes) is 1. The van der Waals surface area contributed by atoms with Gasteiger partial charge in [0.15, 0.2) is 0 Å². The summed E-state index contributed by atoms with van der Waals surface area (Å²) in [5, 5.41) is 12.1. The topological polar surface area (TPSA) is 102 Å². The first-order valence-electron chi connectivity index (χ1n) is 6.65. The third-order valence-electron chi connectivity index (χ3n) is 2.96. The molecule has 20 heavy (non-hydrogen) atoms. The second-order valence-electron chi connectivity index (χ2n) is 4.46. The highest BCUT2D eigenvalue weighted by molar-refractivity contribution is 8.00. The van der Waals surface area contributed by atoms with Crippen molar-refractivity contribution in [2.75, 3.05) is 30.8 Å². The Morgan fingerprint density at radius 2 is 2.45 bits per heavy atom. The lowest BCUT2D eigenvalue weighted by molar-refractivity contribution is -0.00629. The SMILES string of the molecule is NCCCCNc1ccn([C@@H]2CS[C@H](CO)O2)c(=O)n1. The molecule has 7 nitrogen and oxygen atoms in total. The van der Waals surface area contributed by atoms with Crippen molar-refractivity contribution in [3.8, 4) is 0 Å². The molecule has 1 aromatic rings. The number of nitrogens with zero attached hydrogens (tertiary/aromatic N) is 2. The average molecular weight is 300 g/mol. The van der Waals surface area contributed by atoms with Crippen LogP contribution in [0.25, 0.3) is 0 Å². The summed E-state index contributed by atoms with van der Waals surface area (Å²) in [5.41, 5.74) is 4.80. The fourth-order valence-corrected chi connectivity index (χ4v) is 2.83. The third kappa shape index (κ3) is 3.95. The number of thioether (sulfide) groups is 1. The largest absolute Gasteiger partial charge is 0.393 e. The van der Waals surface area contributed by atoms with Crippen molar-refractivity contribution >= 4 is 17.6 Å². The summed E-state index contributed by atoms with van der Waals surface area (Å²) >= 11 is 1.49. The lowest BCUT2D eigenvalue weighted by Gasteiger charge is -2.14. The van der Waals surface area contributed by atoms with Crippen LogP contribution in [0.15, 0.2) is 17.1 Å². The van der Waals surface area contributed by atoms with E-state index in [9.17, 15) is 4.79 Å². The molecule has 1 aromatic heterocycles. The standard InChI is InChI=1S/C12H20N4O3S/c13-4-1-2-5-14-9-3-6-16(12(18)15-9)10-8-20-11(7-17)19-10/h3,6,10-11,17H,1-2,4-5,7-8,13H2,(H,14,15,18)/t10-,11+/m0/s1. The number of anilines is 1. The quantitative estimate of drug-likeness (QED) is 0.608.